The van der Waals surface area contributed by atoms with Crippen molar-refractivity contribution in [3.8, 4) is 6.07 Å². The van der Waals surface area contributed by atoms with Crippen molar-refractivity contribution >= 4 is 17.3 Å². The molecule has 0 aliphatic rings. The molecule has 0 fully saturated rings. The number of benzene rings is 2. The maximum Gasteiger partial charge on any atom is 0.290 e. The molecule has 2 rings (SSSR count). The van der Waals surface area contributed by atoms with Crippen molar-refractivity contribution in [1.29, 1.82) is 5.26 Å². The minimum absolute atomic E-state index is 0.0489. The zero-order chi connectivity index (χ0) is 14.6. The summed E-state index contributed by atoms with van der Waals surface area (Å²) in [7, 11) is 0. The molecule has 2 aromatic rings. The van der Waals surface area contributed by atoms with E-state index in [1.165, 1.54) is 24.3 Å². The molecule has 1 N–H and O–H groups in total. The third kappa shape index (κ3) is 3.25. The molecule has 0 aliphatic carbocycles. The van der Waals surface area contributed by atoms with Crippen LogP contribution in [-0.2, 0) is 5.92 Å². The van der Waals surface area contributed by atoms with Gasteiger partial charge in [-0.3, -0.25) is 0 Å². The lowest BCUT2D eigenvalue weighted by Crippen LogP contribution is -2.24. The summed E-state index contributed by atoms with van der Waals surface area (Å²) in [4.78, 5) is 0. The van der Waals surface area contributed by atoms with Crippen LogP contribution in [0.25, 0.3) is 0 Å². The van der Waals surface area contributed by atoms with Crippen LogP contribution in [0.15, 0.2) is 48.5 Å². The Kier molecular flexibility index (Phi) is 4.21. The fourth-order valence-corrected chi connectivity index (χ4v) is 1.94. The van der Waals surface area contributed by atoms with Crippen molar-refractivity contribution in [1.82, 2.24) is 0 Å². The van der Waals surface area contributed by atoms with E-state index >= 15 is 0 Å². The summed E-state index contributed by atoms with van der Waals surface area (Å²) >= 11 is 5.85. The molecule has 0 atom stereocenters. The number of hydrogen-bond donors (Lipinski definition) is 1. The number of nitrogens with one attached hydrogen (secondary N) is 1. The Morgan fingerprint density at radius 2 is 1.85 bits per heavy atom. The Morgan fingerprint density at radius 1 is 1.15 bits per heavy atom. The predicted molar refractivity (Wildman–Crippen MR) is 75.0 cm³/mol. The van der Waals surface area contributed by atoms with Gasteiger partial charge in [-0.2, -0.15) is 14.0 Å². The Balaban J connectivity index is 2.09. The van der Waals surface area contributed by atoms with Crippen LogP contribution in [0.5, 0.6) is 0 Å². The van der Waals surface area contributed by atoms with Gasteiger partial charge in [0.15, 0.2) is 0 Å². The third-order valence-electron chi connectivity index (χ3n) is 2.80. The molecule has 0 saturated carbocycles. The second-order valence-corrected chi connectivity index (χ2v) is 4.64. The van der Waals surface area contributed by atoms with Crippen molar-refractivity contribution in [3.63, 3.8) is 0 Å². The number of halogens is 3. The van der Waals surface area contributed by atoms with Crippen molar-refractivity contribution in [2.24, 2.45) is 0 Å². The van der Waals surface area contributed by atoms with Gasteiger partial charge in [-0.05, 0) is 18.2 Å². The van der Waals surface area contributed by atoms with Gasteiger partial charge in [0.1, 0.15) is 6.07 Å². The first-order valence-corrected chi connectivity index (χ1v) is 6.27. The highest BCUT2D eigenvalue weighted by molar-refractivity contribution is 6.32. The molecule has 0 heterocycles. The van der Waals surface area contributed by atoms with E-state index in [9.17, 15) is 8.78 Å². The smallest absolute Gasteiger partial charge is 0.290 e. The molecule has 2 aromatic carbocycles. The molecular weight excluding hydrogens is 282 g/mol. The number of nitriles is 1. The molecule has 0 aliphatic heterocycles. The van der Waals surface area contributed by atoms with Gasteiger partial charge in [-0.25, -0.2) is 0 Å². The van der Waals surface area contributed by atoms with Crippen molar-refractivity contribution in [3.05, 3.63) is 64.7 Å². The Labute approximate surface area is 120 Å². The van der Waals surface area contributed by atoms with Gasteiger partial charge in [0.05, 0.1) is 17.1 Å². The van der Waals surface area contributed by atoms with Gasteiger partial charge in [0, 0.05) is 11.3 Å². The third-order valence-corrected chi connectivity index (χ3v) is 3.11. The normalized spacial score (nSPS) is 10.9. The summed E-state index contributed by atoms with van der Waals surface area (Å²) in [6, 6.07) is 14.0. The zero-order valence-corrected chi connectivity index (χ0v) is 11.2. The summed E-state index contributed by atoms with van der Waals surface area (Å²) in [6.45, 7) is -0.542. The number of hydrogen-bond acceptors (Lipinski definition) is 2. The highest BCUT2D eigenvalue weighted by Crippen LogP contribution is 2.28. The van der Waals surface area contributed by atoms with Crippen molar-refractivity contribution in [2.45, 2.75) is 5.92 Å². The molecule has 20 heavy (non-hydrogen) atoms. The average molecular weight is 293 g/mol. The summed E-state index contributed by atoms with van der Waals surface area (Å²) in [5, 5.41) is 11.6. The highest BCUT2D eigenvalue weighted by Gasteiger charge is 2.30. The van der Waals surface area contributed by atoms with Crippen molar-refractivity contribution in [2.75, 3.05) is 11.9 Å². The maximum atomic E-state index is 13.9. The van der Waals surface area contributed by atoms with Crippen LogP contribution in [0, 0.1) is 11.3 Å². The summed E-state index contributed by atoms with van der Waals surface area (Å²) in [5.41, 5.74) is 0.712. The lowest BCUT2D eigenvalue weighted by atomic mass is 10.1. The molecular formula is C15H11ClF2N2. The van der Waals surface area contributed by atoms with Crippen LogP contribution >= 0.6 is 11.6 Å². The number of rotatable bonds is 4. The summed E-state index contributed by atoms with van der Waals surface area (Å²) in [6.07, 6.45) is 0. The molecule has 0 unspecified atom stereocenters. The van der Waals surface area contributed by atoms with Gasteiger partial charge < -0.3 is 5.32 Å². The highest BCUT2D eigenvalue weighted by atomic mass is 35.5. The zero-order valence-electron chi connectivity index (χ0n) is 10.4. The predicted octanol–water partition coefficient (Wildman–Crippen LogP) is 4.42. The van der Waals surface area contributed by atoms with E-state index in [0.29, 0.717) is 11.3 Å². The quantitative estimate of drug-likeness (QED) is 0.905. The molecule has 0 aromatic heterocycles. The largest absolute Gasteiger partial charge is 0.379 e. The van der Waals surface area contributed by atoms with E-state index in [-0.39, 0.29) is 10.6 Å². The molecule has 2 nitrogen and oxygen atoms in total. The van der Waals surface area contributed by atoms with Gasteiger partial charge >= 0.3 is 0 Å². The van der Waals surface area contributed by atoms with E-state index in [4.69, 9.17) is 16.9 Å². The minimum Gasteiger partial charge on any atom is -0.379 e. The van der Waals surface area contributed by atoms with Gasteiger partial charge in [-0.15, -0.1) is 0 Å². The standard InChI is InChI=1S/C15H11ClF2N2/c16-14-8-13(7-6-11(14)9-19)20-10-15(17,18)12-4-2-1-3-5-12/h1-8,20H,10H2. The lowest BCUT2D eigenvalue weighted by molar-refractivity contribution is 0.0106. The van der Waals surface area contributed by atoms with Crippen molar-refractivity contribution < 1.29 is 8.78 Å². The monoisotopic (exact) mass is 292 g/mol. The van der Waals surface area contributed by atoms with Crippen LogP contribution in [0.1, 0.15) is 11.1 Å². The van der Waals surface area contributed by atoms with Gasteiger partial charge in [0.25, 0.3) is 5.92 Å². The minimum atomic E-state index is -2.98. The average Bonchev–Trinajstić information content (AvgIpc) is 2.46. The summed E-state index contributed by atoms with van der Waals surface area (Å²) in [5.74, 6) is -2.98. The second kappa shape index (κ2) is 5.89. The first-order valence-electron chi connectivity index (χ1n) is 5.90. The van der Waals surface area contributed by atoms with Crippen LogP contribution in [0.4, 0.5) is 14.5 Å². The first-order chi connectivity index (χ1) is 9.53. The van der Waals surface area contributed by atoms with E-state index in [1.54, 1.807) is 24.3 Å². The Bertz CT molecular complexity index is 636. The summed E-state index contributed by atoms with van der Waals surface area (Å²) < 4.78 is 27.9. The fraction of sp³-hybridized carbons (Fsp3) is 0.133. The first kappa shape index (κ1) is 14.3. The molecule has 0 amide bonds. The second-order valence-electron chi connectivity index (χ2n) is 4.23. The molecule has 0 radical (unpaired) electrons. The van der Waals surface area contributed by atoms with Gasteiger partial charge in [0.2, 0.25) is 0 Å². The number of anilines is 1. The maximum absolute atomic E-state index is 13.9. The van der Waals surface area contributed by atoms with E-state index in [2.05, 4.69) is 5.32 Å². The SMILES string of the molecule is N#Cc1ccc(NCC(F)(F)c2ccccc2)cc1Cl. The molecule has 0 saturated heterocycles. The van der Waals surface area contributed by atoms with E-state index in [0.717, 1.165) is 0 Å². The fourth-order valence-electron chi connectivity index (χ4n) is 1.71. The molecule has 102 valence electrons. The number of alkyl halides is 2. The van der Waals surface area contributed by atoms with E-state index < -0.39 is 12.5 Å². The molecule has 0 spiro atoms. The molecule has 5 heteroatoms. The van der Waals surface area contributed by atoms with Crippen LogP contribution < -0.4 is 5.32 Å². The topological polar surface area (TPSA) is 35.8 Å². The van der Waals surface area contributed by atoms with Gasteiger partial charge in [-0.1, -0.05) is 41.9 Å². The van der Waals surface area contributed by atoms with Crippen LogP contribution in [0.2, 0.25) is 5.02 Å². The Morgan fingerprint density at radius 3 is 2.45 bits per heavy atom. The van der Waals surface area contributed by atoms with Crippen LogP contribution in [-0.4, -0.2) is 6.54 Å². The Hall–Kier alpha value is -2.12. The van der Waals surface area contributed by atoms with Crippen LogP contribution in [0.3, 0.4) is 0 Å². The lowest BCUT2D eigenvalue weighted by Gasteiger charge is -2.18. The van der Waals surface area contributed by atoms with E-state index in [1.807, 2.05) is 6.07 Å². The molecule has 0 bridgehead atoms. The number of nitrogens with zero attached hydrogens (tertiary/aromatic N) is 1.